The third-order valence-corrected chi connectivity index (χ3v) is 3.10. The summed E-state index contributed by atoms with van der Waals surface area (Å²) in [5.41, 5.74) is 2.42. The molecule has 0 unspecified atom stereocenters. The highest BCUT2D eigenvalue weighted by molar-refractivity contribution is 5.72. The SMILES string of the molecule is CC[C@@H](Oc1ccc(Cc2ccccc2)cc1)C(=O)O. The molecule has 0 aliphatic rings. The number of carboxylic acid groups (broad SMARTS) is 1. The molecule has 0 saturated carbocycles. The van der Waals surface area contributed by atoms with Crippen molar-refractivity contribution in [1.82, 2.24) is 0 Å². The maximum atomic E-state index is 10.9. The fraction of sp³-hybridized carbons (Fsp3) is 0.235. The van der Waals surface area contributed by atoms with E-state index in [1.165, 1.54) is 11.1 Å². The molecule has 20 heavy (non-hydrogen) atoms. The van der Waals surface area contributed by atoms with Gasteiger partial charge in [-0.3, -0.25) is 0 Å². The van der Waals surface area contributed by atoms with E-state index >= 15 is 0 Å². The summed E-state index contributed by atoms with van der Waals surface area (Å²) in [6.07, 6.45) is 0.521. The van der Waals surface area contributed by atoms with Gasteiger partial charge in [-0.2, -0.15) is 0 Å². The van der Waals surface area contributed by atoms with E-state index in [9.17, 15) is 4.79 Å². The van der Waals surface area contributed by atoms with Crippen molar-refractivity contribution in [1.29, 1.82) is 0 Å². The second kappa shape index (κ2) is 6.75. The fourth-order valence-corrected chi connectivity index (χ4v) is 1.99. The van der Waals surface area contributed by atoms with E-state index in [1.807, 2.05) is 42.5 Å². The number of benzene rings is 2. The van der Waals surface area contributed by atoms with Crippen molar-refractivity contribution in [3.63, 3.8) is 0 Å². The summed E-state index contributed by atoms with van der Waals surface area (Å²) in [6, 6.07) is 17.8. The average molecular weight is 270 g/mol. The van der Waals surface area contributed by atoms with Gasteiger partial charge in [-0.1, -0.05) is 49.4 Å². The third kappa shape index (κ3) is 3.85. The van der Waals surface area contributed by atoms with Gasteiger partial charge in [0.05, 0.1) is 0 Å². The molecule has 0 fully saturated rings. The van der Waals surface area contributed by atoms with Gasteiger partial charge in [0.25, 0.3) is 0 Å². The van der Waals surface area contributed by atoms with E-state index < -0.39 is 12.1 Å². The second-order valence-corrected chi connectivity index (χ2v) is 4.66. The highest BCUT2D eigenvalue weighted by atomic mass is 16.5. The summed E-state index contributed by atoms with van der Waals surface area (Å²) in [7, 11) is 0. The summed E-state index contributed by atoms with van der Waals surface area (Å²) in [6.45, 7) is 1.79. The molecule has 3 heteroatoms. The van der Waals surface area contributed by atoms with Crippen LogP contribution in [0, 0.1) is 0 Å². The van der Waals surface area contributed by atoms with Crippen molar-refractivity contribution in [3.05, 3.63) is 65.7 Å². The molecule has 0 radical (unpaired) electrons. The van der Waals surface area contributed by atoms with E-state index in [2.05, 4.69) is 12.1 Å². The van der Waals surface area contributed by atoms with E-state index in [-0.39, 0.29) is 0 Å². The Hall–Kier alpha value is -2.29. The van der Waals surface area contributed by atoms with Gasteiger partial charge in [0, 0.05) is 0 Å². The van der Waals surface area contributed by atoms with E-state index in [1.54, 1.807) is 6.92 Å². The quantitative estimate of drug-likeness (QED) is 0.873. The lowest BCUT2D eigenvalue weighted by Gasteiger charge is -2.13. The van der Waals surface area contributed by atoms with Gasteiger partial charge >= 0.3 is 5.97 Å². The van der Waals surface area contributed by atoms with E-state index in [0.29, 0.717) is 12.2 Å². The molecule has 0 bridgehead atoms. The Morgan fingerprint density at radius 3 is 2.20 bits per heavy atom. The molecule has 0 aliphatic carbocycles. The van der Waals surface area contributed by atoms with Crippen LogP contribution in [0.3, 0.4) is 0 Å². The molecule has 0 amide bonds. The van der Waals surface area contributed by atoms with Crippen LogP contribution in [-0.2, 0) is 11.2 Å². The molecule has 0 saturated heterocycles. The summed E-state index contributed by atoms with van der Waals surface area (Å²) < 4.78 is 5.43. The molecule has 0 heterocycles. The minimum Gasteiger partial charge on any atom is -0.479 e. The van der Waals surface area contributed by atoms with E-state index in [4.69, 9.17) is 9.84 Å². The molecular weight excluding hydrogens is 252 g/mol. The molecular formula is C17H18O3. The molecule has 1 N–H and O–H groups in total. The standard InChI is InChI=1S/C17H18O3/c1-2-16(17(18)19)20-15-10-8-14(9-11-15)12-13-6-4-3-5-7-13/h3-11,16H,2,12H2,1H3,(H,18,19)/t16-/m1/s1. The molecule has 2 rings (SSSR count). The Labute approximate surface area is 118 Å². The van der Waals surface area contributed by atoms with Crippen LogP contribution in [0.1, 0.15) is 24.5 Å². The molecule has 2 aromatic carbocycles. The maximum absolute atomic E-state index is 10.9. The Balaban J connectivity index is 2.01. The topological polar surface area (TPSA) is 46.5 Å². The molecule has 0 spiro atoms. The summed E-state index contributed by atoms with van der Waals surface area (Å²) in [5.74, 6) is -0.336. The van der Waals surface area contributed by atoms with Crippen LogP contribution in [0.5, 0.6) is 5.75 Å². The van der Waals surface area contributed by atoms with Crippen molar-refractivity contribution >= 4 is 5.97 Å². The van der Waals surface area contributed by atoms with Crippen LogP contribution in [0.15, 0.2) is 54.6 Å². The number of aliphatic carboxylic acids is 1. The number of carboxylic acids is 1. The lowest BCUT2D eigenvalue weighted by atomic mass is 10.1. The smallest absolute Gasteiger partial charge is 0.344 e. The van der Waals surface area contributed by atoms with Crippen LogP contribution in [0.25, 0.3) is 0 Å². The molecule has 1 atom stereocenters. The normalized spacial score (nSPS) is 11.8. The zero-order valence-corrected chi connectivity index (χ0v) is 11.5. The van der Waals surface area contributed by atoms with Crippen LogP contribution < -0.4 is 4.74 Å². The molecule has 104 valence electrons. The highest BCUT2D eigenvalue weighted by Crippen LogP contribution is 2.17. The van der Waals surface area contributed by atoms with Gasteiger partial charge in [-0.25, -0.2) is 4.79 Å². The average Bonchev–Trinajstić information content (AvgIpc) is 2.47. The molecule has 2 aromatic rings. The Kier molecular flexibility index (Phi) is 4.77. The van der Waals surface area contributed by atoms with E-state index in [0.717, 1.165) is 6.42 Å². The first-order chi connectivity index (χ1) is 9.69. The van der Waals surface area contributed by atoms with Crippen LogP contribution >= 0.6 is 0 Å². The van der Waals surface area contributed by atoms with Crippen LogP contribution in [0.4, 0.5) is 0 Å². The monoisotopic (exact) mass is 270 g/mol. The number of hydrogen-bond acceptors (Lipinski definition) is 2. The first kappa shape index (κ1) is 14.1. The van der Waals surface area contributed by atoms with Crippen LogP contribution in [-0.4, -0.2) is 17.2 Å². The van der Waals surface area contributed by atoms with Gasteiger partial charge in [0.1, 0.15) is 5.75 Å². The minimum atomic E-state index is -0.930. The van der Waals surface area contributed by atoms with Gasteiger partial charge in [-0.05, 0) is 36.1 Å². The maximum Gasteiger partial charge on any atom is 0.344 e. The summed E-state index contributed by atoms with van der Waals surface area (Å²) in [5, 5.41) is 8.96. The van der Waals surface area contributed by atoms with Gasteiger partial charge < -0.3 is 9.84 Å². The first-order valence-corrected chi connectivity index (χ1v) is 6.71. The first-order valence-electron chi connectivity index (χ1n) is 6.71. The number of rotatable bonds is 6. The molecule has 3 nitrogen and oxygen atoms in total. The van der Waals surface area contributed by atoms with Crippen molar-refractivity contribution in [2.24, 2.45) is 0 Å². The molecule has 0 aliphatic heterocycles. The second-order valence-electron chi connectivity index (χ2n) is 4.66. The highest BCUT2D eigenvalue weighted by Gasteiger charge is 2.16. The minimum absolute atomic E-state index is 0.446. The fourth-order valence-electron chi connectivity index (χ4n) is 1.99. The van der Waals surface area contributed by atoms with Crippen molar-refractivity contribution in [2.45, 2.75) is 25.9 Å². The summed E-state index contributed by atoms with van der Waals surface area (Å²) in [4.78, 5) is 10.9. The van der Waals surface area contributed by atoms with Gasteiger partial charge in [0.15, 0.2) is 6.10 Å². The van der Waals surface area contributed by atoms with Crippen molar-refractivity contribution in [2.75, 3.05) is 0 Å². The third-order valence-electron chi connectivity index (χ3n) is 3.10. The zero-order valence-electron chi connectivity index (χ0n) is 11.5. The largest absolute Gasteiger partial charge is 0.479 e. The number of carbonyl (C=O) groups is 1. The summed E-state index contributed by atoms with van der Waals surface area (Å²) >= 11 is 0. The molecule has 0 aromatic heterocycles. The number of hydrogen-bond donors (Lipinski definition) is 1. The predicted molar refractivity (Wildman–Crippen MR) is 78.0 cm³/mol. The Bertz CT molecular complexity index is 546. The van der Waals surface area contributed by atoms with Crippen LogP contribution in [0.2, 0.25) is 0 Å². The van der Waals surface area contributed by atoms with Gasteiger partial charge in [-0.15, -0.1) is 0 Å². The lowest BCUT2D eigenvalue weighted by Crippen LogP contribution is -2.25. The Morgan fingerprint density at radius 1 is 1.05 bits per heavy atom. The van der Waals surface area contributed by atoms with Crippen molar-refractivity contribution < 1.29 is 14.6 Å². The predicted octanol–water partition coefficient (Wildman–Crippen LogP) is 3.52. The van der Waals surface area contributed by atoms with Crippen molar-refractivity contribution in [3.8, 4) is 5.75 Å². The van der Waals surface area contributed by atoms with Gasteiger partial charge in [0.2, 0.25) is 0 Å². The lowest BCUT2D eigenvalue weighted by molar-refractivity contribution is -0.145. The zero-order chi connectivity index (χ0) is 14.4. The Morgan fingerprint density at radius 2 is 1.65 bits per heavy atom. The number of ether oxygens (including phenoxy) is 1.